The Morgan fingerprint density at radius 1 is 1.12 bits per heavy atom. The van der Waals surface area contributed by atoms with Gasteiger partial charge >= 0.3 is 0 Å². The molecular formula is C20H19NO4. The van der Waals surface area contributed by atoms with Gasteiger partial charge in [-0.25, -0.2) is 0 Å². The Hall–Kier alpha value is -3.08. The lowest BCUT2D eigenvalue weighted by Crippen LogP contribution is -2.07. The summed E-state index contributed by atoms with van der Waals surface area (Å²) >= 11 is 0. The van der Waals surface area contributed by atoms with Crippen molar-refractivity contribution in [2.45, 2.75) is 19.8 Å². The molecule has 0 atom stereocenters. The number of aromatic nitrogens is 1. The molecule has 1 aromatic heterocycles. The zero-order chi connectivity index (χ0) is 18.0. The van der Waals surface area contributed by atoms with Crippen molar-refractivity contribution in [3.63, 3.8) is 0 Å². The van der Waals surface area contributed by atoms with Gasteiger partial charge in [-0.05, 0) is 30.2 Å². The van der Waals surface area contributed by atoms with Crippen molar-refractivity contribution in [2.24, 2.45) is 0 Å². The molecule has 0 aliphatic heterocycles. The van der Waals surface area contributed by atoms with Gasteiger partial charge in [-0.15, -0.1) is 0 Å². The number of hydrogen-bond acceptors (Lipinski definition) is 5. The van der Waals surface area contributed by atoms with Crippen LogP contribution in [-0.2, 0) is 12.8 Å². The highest BCUT2D eigenvalue weighted by Crippen LogP contribution is 2.41. The molecule has 0 saturated carbocycles. The fourth-order valence-electron chi connectivity index (χ4n) is 2.86. The van der Waals surface area contributed by atoms with Gasteiger partial charge in [0.15, 0.2) is 17.3 Å². The number of aryl methyl sites for hydroxylation is 1. The molecule has 0 saturated heterocycles. The molecular weight excluding hydrogens is 318 g/mol. The first-order valence-electron chi connectivity index (χ1n) is 8.04. The van der Waals surface area contributed by atoms with Crippen molar-refractivity contribution in [1.82, 2.24) is 4.98 Å². The van der Waals surface area contributed by atoms with E-state index in [2.05, 4.69) is 4.98 Å². The minimum absolute atomic E-state index is 0.0350. The predicted octanol–water partition coefficient (Wildman–Crippen LogP) is 3.64. The third-order valence-electron chi connectivity index (χ3n) is 4.19. The average Bonchev–Trinajstić information content (AvgIpc) is 2.63. The highest BCUT2D eigenvalue weighted by molar-refractivity contribution is 6.01. The highest BCUT2D eigenvalue weighted by atomic mass is 16.5. The van der Waals surface area contributed by atoms with Gasteiger partial charge in [0.25, 0.3) is 0 Å². The van der Waals surface area contributed by atoms with E-state index in [0.29, 0.717) is 17.7 Å². The first kappa shape index (κ1) is 16.8. The van der Waals surface area contributed by atoms with Crippen molar-refractivity contribution in [3.8, 4) is 17.2 Å². The molecule has 0 aliphatic carbocycles. The van der Waals surface area contributed by atoms with E-state index in [4.69, 9.17) is 4.74 Å². The Balaban J connectivity index is 1.96. The number of phenolic OH excluding ortho intramolecular Hbond substituents is 2. The van der Waals surface area contributed by atoms with Gasteiger partial charge in [-0.2, -0.15) is 0 Å². The molecule has 1 heterocycles. The van der Waals surface area contributed by atoms with Crippen LogP contribution in [-0.4, -0.2) is 28.1 Å². The molecule has 2 N–H and O–H groups in total. The minimum atomic E-state index is -0.458. The van der Waals surface area contributed by atoms with Crippen molar-refractivity contribution in [3.05, 3.63) is 59.3 Å². The van der Waals surface area contributed by atoms with E-state index < -0.39 is 11.5 Å². The molecule has 0 unspecified atom stereocenters. The standard InChI is InChI=1S/C20H19NO4/c1-3-12-10-15(18(23)19(24)20(12)25-2)17(22)11-14-9-8-13-6-4-5-7-16(13)21-14/h4-10,23-24H,3,11H2,1-2H3. The number of carbonyl (C=O) groups is 1. The normalized spacial score (nSPS) is 10.8. The second kappa shape index (κ2) is 6.81. The van der Waals surface area contributed by atoms with Crippen molar-refractivity contribution < 1.29 is 19.7 Å². The Morgan fingerprint density at radius 2 is 1.88 bits per heavy atom. The van der Waals surface area contributed by atoms with Crippen LogP contribution in [0.3, 0.4) is 0 Å². The van der Waals surface area contributed by atoms with Crippen molar-refractivity contribution >= 4 is 16.7 Å². The van der Waals surface area contributed by atoms with Gasteiger partial charge in [0.05, 0.1) is 24.6 Å². The second-order valence-corrected chi connectivity index (χ2v) is 5.76. The fraction of sp³-hybridized carbons (Fsp3) is 0.200. The number of fused-ring (bicyclic) bond motifs is 1. The maximum atomic E-state index is 12.6. The maximum Gasteiger partial charge on any atom is 0.201 e. The maximum absolute atomic E-state index is 12.6. The Labute approximate surface area is 145 Å². The van der Waals surface area contributed by atoms with Crippen LogP contribution in [0, 0.1) is 0 Å². The second-order valence-electron chi connectivity index (χ2n) is 5.76. The zero-order valence-electron chi connectivity index (χ0n) is 14.1. The summed E-state index contributed by atoms with van der Waals surface area (Å²) in [7, 11) is 1.41. The third-order valence-corrected chi connectivity index (χ3v) is 4.19. The van der Waals surface area contributed by atoms with Crippen LogP contribution in [0.5, 0.6) is 17.2 Å². The monoisotopic (exact) mass is 337 g/mol. The molecule has 5 heteroatoms. The number of ketones is 1. The molecule has 0 bridgehead atoms. The van der Waals surface area contributed by atoms with Crippen LogP contribution < -0.4 is 4.74 Å². The molecule has 3 aromatic rings. The fourth-order valence-corrected chi connectivity index (χ4v) is 2.86. The topological polar surface area (TPSA) is 79.7 Å². The number of Topliss-reactive ketones (excluding diaryl/α,β-unsaturated/α-hetero) is 1. The molecule has 0 spiro atoms. The quantitative estimate of drug-likeness (QED) is 0.549. The smallest absolute Gasteiger partial charge is 0.201 e. The number of para-hydroxylation sites is 1. The summed E-state index contributed by atoms with van der Waals surface area (Å²) in [5.41, 5.74) is 2.15. The van der Waals surface area contributed by atoms with Gasteiger partial charge in [-0.1, -0.05) is 31.2 Å². The van der Waals surface area contributed by atoms with Crippen LogP contribution in [0.15, 0.2) is 42.5 Å². The number of hydrogen-bond donors (Lipinski definition) is 2. The molecule has 0 radical (unpaired) electrons. The number of carbonyl (C=O) groups excluding carboxylic acids is 1. The number of pyridine rings is 1. The van der Waals surface area contributed by atoms with E-state index in [0.717, 1.165) is 10.9 Å². The minimum Gasteiger partial charge on any atom is -0.504 e. The van der Waals surface area contributed by atoms with E-state index in [1.807, 2.05) is 37.3 Å². The lowest BCUT2D eigenvalue weighted by atomic mass is 9.99. The van der Waals surface area contributed by atoms with Crippen LogP contribution >= 0.6 is 0 Å². The van der Waals surface area contributed by atoms with Crippen LogP contribution in [0.25, 0.3) is 10.9 Å². The summed E-state index contributed by atoms with van der Waals surface area (Å²) in [5, 5.41) is 21.3. The largest absolute Gasteiger partial charge is 0.504 e. The number of phenols is 2. The Morgan fingerprint density at radius 3 is 2.60 bits per heavy atom. The Bertz CT molecular complexity index is 950. The SMILES string of the molecule is CCc1cc(C(=O)Cc2ccc3ccccc3n2)c(O)c(O)c1OC. The molecule has 5 nitrogen and oxygen atoms in total. The van der Waals surface area contributed by atoms with Crippen LogP contribution in [0.1, 0.15) is 28.5 Å². The number of ether oxygens (including phenoxy) is 1. The highest BCUT2D eigenvalue weighted by Gasteiger charge is 2.21. The van der Waals surface area contributed by atoms with Gasteiger partial charge in [0.2, 0.25) is 5.75 Å². The predicted molar refractivity (Wildman–Crippen MR) is 95.5 cm³/mol. The number of nitrogens with zero attached hydrogens (tertiary/aromatic N) is 1. The van der Waals surface area contributed by atoms with Crippen molar-refractivity contribution in [2.75, 3.05) is 7.11 Å². The van der Waals surface area contributed by atoms with Gasteiger partial charge < -0.3 is 14.9 Å². The lowest BCUT2D eigenvalue weighted by molar-refractivity contribution is 0.0988. The third kappa shape index (κ3) is 3.13. The Kier molecular flexibility index (Phi) is 4.57. The van der Waals surface area contributed by atoms with Crippen LogP contribution in [0.4, 0.5) is 0 Å². The molecule has 0 fully saturated rings. The van der Waals surface area contributed by atoms with E-state index >= 15 is 0 Å². The van der Waals surface area contributed by atoms with Crippen molar-refractivity contribution in [1.29, 1.82) is 0 Å². The average molecular weight is 337 g/mol. The van der Waals surface area contributed by atoms with Gasteiger partial charge in [0, 0.05) is 11.1 Å². The summed E-state index contributed by atoms with van der Waals surface area (Å²) in [6, 6.07) is 12.9. The first-order valence-corrected chi connectivity index (χ1v) is 8.04. The summed E-state index contributed by atoms with van der Waals surface area (Å²) in [4.78, 5) is 17.1. The number of aromatic hydroxyl groups is 2. The zero-order valence-corrected chi connectivity index (χ0v) is 14.1. The van der Waals surface area contributed by atoms with Gasteiger partial charge in [0.1, 0.15) is 0 Å². The number of rotatable bonds is 5. The molecule has 0 aliphatic rings. The summed E-state index contributed by atoms with van der Waals surface area (Å²) in [5.74, 6) is -0.982. The molecule has 3 rings (SSSR count). The van der Waals surface area contributed by atoms with Gasteiger partial charge in [-0.3, -0.25) is 9.78 Å². The van der Waals surface area contributed by atoms with E-state index in [-0.39, 0.29) is 23.5 Å². The van der Waals surface area contributed by atoms with E-state index in [1.54, 1.807) is 12.1 Å². The van der Waals surface area contributed by atoms with Crippen LogP contribution in [0.2, 0.25) is 0 Å². The molecule has 25 heavy (non-hydrogen) atoms. The molecule has 0 amide bonds. The van der Waals surface area contributed by atoms with E-state index in [1.165, 1.54) is 7.11 Å². The molecule has 2 aromatic carbocycles. The lowest BCUT2D eigenvalue weighted by Gasteiger charge is -2.13. The number of methoxy groups -OCH3 is 1. The summed E-state index contributed by atoms with van der Waals surface area (Å²) < 4.78 is 5.12. The summed E-state index contributed by atoms with van der Waals surface area (Å²) in [6.45, 7) is 1.88. The van der Waals surface area contributed by atoms with E-state index in [9.17, 15) is 15.0 Å². The number of benzene rings is 2. The molecule has 128 valence electrons. The summed E-state index contributed by atoms with van der Waals surface area (Å²) in [6.07, 6.45) is 0.596. The first-order chi connectivity index (χ1) is 12.0.